The molecule has 4 N–H and O–H groups in total. The molecule has 0 bridgehead atoms. The first kappa shape index (κ1) is 20.6. The van der Waals surface area contributed by atoms with E-state index in [1.165, 1.54) is 13.0 Å². The van der Waals surface area contributed by atoms with Gasteiger partial charge in [-0.05, 0) is 60.2 Å². The highest BCUT2D eigenvalue weighted by atomic mass is 16.5. The van der Waals surface area contributed by atoms with Crippen LogP contribution in [-0.4, -0.2) is 17.8 Å². The van der Waals surface area contributed by atoms with Crippen molar-refractivity contribution in [1.29, 1.82) is 0 Å². The maximum Gasteiger partial charge on any atom is 0.308 e. The van der Waals surface area contributed by atoms with Gasteiger partial charge in [0.25, 0.3) is 11.8 Å². The van der Waals surface area contributed by atoms with Crippen LogP contribution in [0.15, 0.2) is 72.8 Å². The summed E-state index contributed by atoms with van der Waals surface area (Å²) in [6.07, 6.45) is 0. The summed E-state index contributed by atoms with van der Waals surface area (Å²) < 4.78 is 5.00. The zero-order valence-electron chi connectivity index (χ0n) is 16.3. The lowest BCUT2D eigenvalue weighted by atomic mass is 10.1. The maximum absolute atomic E-state index is 12.4. The number of nitrogens with one attached hydrogen (secondary N) is 2. The summed E-state index contributed by atoms with van der Waals surface area (Å²) >= 11 is 0. The van der Waals surface area contributed by atoms with E-state index in [0.717, 1.165) is 5.56 Å². The second kappa shape index (κ2) is 9.38. The zero-order valence-corrected chi connectivity index (χ0v) is 16.3. The normalized spacial score (nSPS) is 10.2. The highest BCUT2D eigenvalue weighted by molar-refractivity contribution is 6.04. The molecule has 3 aromatic carbocycles. The molecule has 0 unspecified atom stereocenters. The molecule has 30 heavy (non-hydrogen) atoms. The Labute approximate surface area is 173 Å². The molecule has 2 amide bonds. The Morgan fingerprint density at radius 1 is 0.867 bits per heavy atom. The molecule has 0 aliphatic rings. The molecule has 3 aromatic rings. The average Bonchev–Trinajstić information content (AvgIpc) is 2.72. The molecule has 152 valence electrons. The number of anilines is 2. The summed E-state index contributed by atoms with van der Waals surface area (Å²) in [4.78, 5) is 35.8. The second-order valence-corrected chi connectivity index (χ2v) is 6.58. The van der Waals surface area contributed by atoms with Crippen LogP contribution in [0.1, 0.15) is 33.2 Å². The van der Waals surface area contributed by atoms with Crippen molar-refractivity contribution in [3.8, 4) is 5.75 Å². The third-order valence-electron chi connectivity index (χ3n) is 4.17. The van der Waals surface area contributed by atoms with Crippen molar-refractivity contribution in [2.45, 2.75) is 13.5 Å². The predicted molar refractivity (Wildman–Crippen MR) is 114 cm³/mol. The molecule has 0 atom stereocenters. The largest absolute Gasteiger partial charge is 0.427 e. The van der Waals surface area contributed by atoms with Crippen molar-refractivity contribution in [3.63, 3.8) is 0 Å². The molecular weight excluding hydrogens is 382 g/mol. The first-order chi connectivity index (χ1) is 14.4. The third kappa shape index (κ3) is 5.68. The monoisotopic (exact) mass is 403 g/mol. The number of benzene rings is 3. The smallest absolute Gasteiger partial charge is 0.308 e. The van der Waals surface area contributed by atoms with Crippen molar-refractivity contribution in [2.75, 3.05) is 11.1 Å². The van der Waals surface area contributed by atoms with Crippen molar-refractivity contribution >= 4 is 29.2 Å². The molecule has 3 rings (SSSR count). The number of amides is 2. The molecule has 7 nitrogen and oxygen atoms in total. The lowest BCUT2D eigenvalue weighted by Gasteiger charge is -2.10. The predicted octanol–water partition coefficient (Wildman–Crippen LogP) is 3.38. The number of hydrogen-bond donors (Lipinski definition) is 3. The first-order valence-corrected chi connectivity index (χ1v) is 9.23. The molecule has 0 saturated heterocycles. The molecule has 0 saturated carbocycles. The van der Waals surface area contributed by atoms with E-state index >= 15 is 0 Å². The molecule has 7 heteroatoms. The summed E-state index contributed by atoms with van der Waals surface area (Å²) in [5.41, 5.74) is 8.52. The Morgan fingerprint density at radius 2 is 1.60 bits per heavy atom. The lowest BCUT2D eigenvalue weighted by Crippen LogP contribution is -2.23. The van der Waals surface area contributed by atoms with Gasteiger partial charge in [-0.2, -0.15) is 0 Å². The molecule has 0 fully saturated rings. The van der Waals surface area contributed by atoms with Crippen LogP contribution in [0.4, 0.5) is 11.4 Å². The molecule has 0 aliphatic heterocycles. The minimum absolute atomic E-state index is 0.251. The van der Waals surface area contributed by atoms with Crippen LogP contribution >= 0.6 is 0 Å². The highest BCUT2D eigenvalue weighted by Crippen LogP contribution is 2.15. The molecule has 0 aliphatic carbocycles. The van der Waals surface area contributed by atoms with E-state index in [2.05, 4.69) is 10.6 Å². The van der Waals surface area contributed by atoms with Gasteiger partial charge in [-0.25, -0.2) is 0 Å². The maximum atomic E-state index is 12.4. The standard InChI is InChI=1S/C23H21N3O4/c1-15(27)30-21-7-3-5-18(13-21)22(28)25-14-16-4-2-6-20(12-16)26-23(29)17-8-10-19(24)11-9-17/h2-13H,14,24H2,1H3,(H,25,28)(H,26,29). The minimum Gasteiger partial charge on any atom is -0.427 e. The van der Waals surface area contributed by atoms with Gasteiger partial charge in [-0.1, -0.05) is 18.2 Å². The van der Waals surface area contributed by atoms with E-state index in [1.807, 2.05) is 6.07 Å². The van der Waals surface area contributed by atoms with E-state index in [1.54, 1.807) is 60.7 Å². The summed E-state index contributed by atoms with van der Waals surface area (Å²) in [7, 11) is 0. The molecule has 0 radical (unpaired) electrons. The van der Waals surface area contributed by atoms with Crippen LogP contribution in [0.3, 0.4) is 0 Å². The van der Waals surface area contributed by atoms with Gasteiger partial charge in [0.15, 0.2) is 0 Å². The van der Waals surface area contributed by atoms with E-state index in [-0.39, 0.29) is 18.4 Å². The van der Waals surface area contributed by atoms with Gasteiger partial charge in [-0.3, -0.25) is 14.4 Å². The number of carbonyl (C=O) groups excluding carboxylic acids is 3. The van der Waals surface area contributed by atoms with Crippen molar-refractivity contribution in [1.82, 2.24) is 5.32 Å². The van der Waals surface area contributed by atoms with E-state index < -0.39 is 5.97 Å². The SMILES string of the molecule is CC(=O)Oc1cccc(C(=O)NCc2cccc(NC(=O)c3ccc(N)cc3)c2)c1. The van der Waals surface area contributed by atoms with Crippen molar-refractivity contribution in [3.05, 3.63) is 89.5 Å². The average molecular weight is 403 g/mol. The fraction of sp³-hybridized carbons (Fsp3) is 0.0870. The van der Waals surface area contributed by atoms with Crippen molar-refractivity contribution in [2.24, 2.45) is 0 Å². The zero-order chi connectivity index (χ0) is 21.5. The Bertz CT molecular complexity index is 1080. The van der Waals surface area contributed by atoms with Crippen LogP contribution in [0.5, 0.6) is 5.75 Å². The minimum atomic E-state index is -0.453. The number of hydrogen-bond acceptors (Lipinski definition) is 5. The van der Waals surface area contributed by atoms with Gasteiger partial charge in [0.1, 0.15) is 5.75 Å². The van der Waals surface area contributed by atoms with Gasteiger partial charge in [0, 0.05) is 36.0 Å². The number of nitrogen functional groups attached to an aromatic ring is 1. The second-order valence-electron chi connectivity index (χ2n) is 6.58. The van der Waals surface area contributed by atoms with Gasteiger partial charge >= 0.3 is 5.97 Å². The topological polar surface area (TPSA) is 111 Å². The molecule has 0 heterocycles. The number of rotatable bonds is 6. The highest BCUT2D eigenvalue weighted by Gasteiger charge is 2.09. The Hall–Kier alpha value is -4.13. The quantitative estimate of drug-likeness (QED) is 0.332. The first-order valence-electron chi connectivity index (χ1n) is 9.23. The van der Waals surface area contributed by atoms with Crippen LogP contribution in [0, 0.1) is 0 Å². The van der Waals surface area contributed by atoms with E-state index in [4.69, 9.17) is 10.5 Å². The number of carbonyl (C=O) groups is 3. The number of esters is 1. The van der Waals surface area contributed by atoms with Gasteiger partial charge in [0.2, 0.25) is 0 Å². The number of nitrogens with two attached hydrogens (primary N) is 1. The lowest BCUT2D eigenvalue weighted by molar-refractivity contribution is -0.131. The summed E-state index contributed by atoms with van der Waals surface area (Å²) in [6, 6.07) is 20.2. The Morgan fingerprint density at radius 3 is 2.33 bits per heavy atom. The molecule has 0 aromatic heterocycles. The van der Waals surface area contributed by atoms with Crippen LogP contribution < -0.4 is 21.1 Å². The van der Waals surface area contributed by atoms with Gasteiger partial charge < -0.3 is 21.1 Å². The van der Waals surface area contributed by atoms with Crippen molar-refractivity contribution < 1.29 is 19.1 Å². The summed E-state index contributed by atoms with van der Waals surface area (Å²) in [6.45, 7) is 1.56. The van der Waals surface area contributed by atoms with Gasteiger partial charge in [-0.15, -0.1) is 0 Å². The Balaban J connectivity index is 1.61. The Kier molecular flexibility index (Phi) is 6.44. The third-order valence-corrected chi connectivity index (χ3v) is 4.17. The van der Waals surface area contributed by atoms with Crippen LogP contribution in [-0.2, 0) is 11.3 Å². The number of ether oxygens (including phenoxy) is 1. The molecular formula is C23H21N3O4. The fourth-order valence-electron chi connectivity index (χ4n) is 2.75. The van der Waals surface area contributed by atoms with Crippen LogP contribution in [0.2, 0.25) is 0 Å². The van der Waals surface area contributed by atoms with E-state index in [0.29, 0.717) is 28.3 Å². The summed E-state index contributed by atoms with van der Waals surface area (Å²) in [5.74, 6) is -0.702. The summed E-state index contributed by atoms with van der Waals surface area (Å²) in [5, 5.41) is 5.63. The van der Waals surface area contributed by atoms with Crippen LogP contribution in [0.25, 0.3) is 0 Å². The van der Waals surface area contributed by atoms with E-state index in [9.17, 15) is 14.4 Å². The molecule has 0 spiro atoms. The fourth-order valence-corrected chi connectivity index (χ4v) is 2.75. The van der Waals surface area contributed by atoms with Gasteiger partial charge in [0.05, 0.1) is 0 Å².